The van der Waals surface area contributed by atoms with Crippen LogP contribution in [-0.4, -0.2) is 22.7 Å². The number of hydrogen-bond acceptors (Lipinski definition) is 2. The maximum absolute atomic E-state index is 11.2. The van der Waals surface area contributed by atoms with Crippen LogP contribution in [0.1, 0.15) is 38.5 Å². The Hall–Kier alpha value is -0.570. The van der Waals surface area contributed by atoms with E-state index in [9.17, 15) is 9.90 Å². The van der Waals surface area contributed by atoms with Crippen molar-refractivity contribution >= 4 is 5.91 Å². The molecule has 0 radical (unpaired) electrons. The van der Waals surface area contributed by atoms with Crippen LogP contribution >= 0.6 is 0 Å². The lowest BCUT2D eigenvalue weighted by Gasteiger charge is -2.36. The predicted octanol–water partition coefficient (Wildman–Crippen LogP) is 0.570. The standard InChI is InChI=1S/C9H15NO2/c11-7-5-8(12)10-9(6-7)3-1-2-4-9/h7,11H,1-6H2,(H,10,12)/t7-/m1/s1. The van der Waals surface area contributed by atoms with Crippen LogP contribution in [0.5, 0.6) is 0 Å². The first-order valence-corrected chi connectivity index (χ1v) is 4.69. The third-order valence-corrected chi connectivity index (χ3v) is 3.01. The average Bonchev–Trinajstić information content (AvgIpc) is 2.33. The van der Waals surface area contributed by atoms with E-state index in [2.05, 4.69) is 5.32 Å². The molecule has 0 unspecified atom stereocenters. The molecule has 1 heterocycles. The number of aliphatic hydroxyl groups excluding tert-OH is 1. The SMILES string of the molecule is O=C1C[C@@H](O)CC2(CCCC2)N1. The second-order valence-corrected chi connectivity index (χ2v) is 4.10. The van der Waals surface area contributed by atoms with Gasteiger partial charge in [0.2, 0.25) is 5.91 Å². The molecule has 2 N–H and O–H groups in total. The van der Waals surface area contributed by atoms with Crippen molar-refractivity contribution in [2.45, 2.75) is 50.2 Å². The van der Waals surface area contributed by atoms with Gasteiger partial charge in [0.15, 0.2) is 0 Å². The van der Waals surface area contributed by atoms with E-state index in [-0.39, 0.29) is 11.4 Å². The third kappa shape index (κ3) is 1.33. The molecule has 3 heteroatoms. The molecule has 2 fully saturated rings. The molecule has 1 saturated carbocycles. The summed E-state index contributed by atoms with van der Waals surface area (Å²) in [7, 11) is 0. The summed E-state index contributed by atoms with van der Waals surface area (Å²) in [6, 6.07) is 0. The molecule has 0 aromatic heterocycles. The first-order chi connectivity index (χ1) is 5.70. The number of nitrogens with one attached hydrogen (secondary N) is 1. The number of carbonyl (C=O) groups excluding carboxylic acids is 1. The summed E-state index contributed by atoms with van der Waals surface area (Å²) in [6.07, 6.45) is 5.13. The van der Waals surface area contributed by atoms with Gasteiger partial charge in [-0.15, -0.1) is 0 Å². The average molecular weight is 169 g/mol. The fourth-order valence-electron chi connectivity index (χ4n) is 2.52. The Bertz CT molecular complexity index is 197. The van der Waals surface area contributed by atoms with Gasteiger partial charge in [0.05, 0.1) is 12.5 Å². The molecular formula is C9H15NO2. The Morgan fingerprint density at radius 3 is 2.67 bits per heavy atom. The van der Waals surface area contributed by atoms with Gasteiger partial charge >= 0.3 is 0 Å². The van der Waals surface area contributed by atoms with Gasteiger partial charge in [0, 0.05) is 5.54 Å². The lowest BCUT2D eigenvalue weighted by molar-refractivity contribution is -0.128. The molecule has 0 aromatic carbocycles. The van der Waals surface area contributed by atoms with E-state index in [0.29, 0.717) is 6.42 Å². The molecule has 0 bridgehead atoms. The molecule has 12 heavy (non-hydrogen) atoms. The van der Waals surface area contributed by atoms with Crippen molar-refractivity contribution < 1.29 is 9.90 Å². The van der Waals surface area contributed by atoms with Crippen molar-refractivity contribution in [2.24, 2.45) is 0 Å². The maximum Gasteiger partial charge on any atom is 0.223 e. The van der Waals surface area contributed by atoms with E-state index in [1.165, 1.54) is 12.8 Å². The predicted molar refractivity (Wildman–Crippen MR) is 44.6 cm³/mol. The zero-order chi connectivity index (χ0) is 8.60. The molecule has 1 saturated heterocycles. The molecule has 1 atom stereocenters. The minimum absolute atomic E-state index is 0.0238. The van der Waals surface area contributed by atoms with Gasteiger partial charge in [-0.2, -0.15) is 0 Å². The Balaban J connectivity index is 2.09. The fourth-order valence-corrected chi connectivity index (χ4v) is 2.52. The summed E-state index contributed by atoms with van der Waals surface area (Å²) >= 11 is 0. The van der Waals surface area contributed by atoms with Crippen LogP contribution in [0.4, 0.5) is 0 Å². The highest BCUT2D eigenvalue weighted by molar-refractivity contribution is 5.78. The highest BCUT2D eigenvalue weighted by Gasteiger charge is 2.40. The third-order valence-electron chi connectivity index (χ3n) is 3.01. The van der Waals surface area contributed by atoms with Crippen LogP contribution in [0.25, 0.3) is 0 Å². The molecule has 1 aliphatic heterocycles. The van der Waals surface area contributed by atoms with Crippen molar-refractivity contribution in [3.05, 3.63) is 0 Å². The monoisotopic (exact) mass is 169 g/mol. The Kier molecular flexibility index (Phi) is 1.83. The van der Waals surface area contributed by atoms with E-state index in [1.54, 1.807) is 0 Å². The van der Waals surface area contributed by atoms with Crippen LogP contribution in [0.15, 0.2) is 0 Å². The largest absolute Gasteiger partial charge is 0.393 e. The lowest BCUT2D eigenvalue weighted by Crippen LogP contribution is -2.53. The van der Waals surface area contributed by atoms with Crippen LogP contribution in [0.2, 0.25) is 0 Å². The molecular weight excluding hydrogens is 154 g/mol. The van der Waals surface area contributed by atoms with Gasteiger partial charge in [0.25, 0.3) is 0 Å². The van der Waals surface area contributed by atoms with E-state index in [1.807, 2.05) is 0 Å². The Morgan fingerprint density at radius 1 is 1.42 bits per heavy atom. The van der Waals surface area contributed by atoms with Gasteiger partial charge in [0.1, 0.15) is 0 Å². The molecule has 68 valence electrons. The van der Waals surface area contributed by atoms with E-state index < -0.39 is 6.10 Å². The molecule has 2 aliphatic rings. The second-order valence-electron chi connectivity index (χ2n) is 4.10. The zero-order valence-electron chi connectivity index (χ0n) is 7.18. The smallest absolute Gasteiger partial charge is 0.223 e. The summed E-state index contributed by atoms with van der Waals surface area (Å²) in [5.41, 5.74) is -0.0330. The van der Waals surface area contributed by atoms with Gasteiger partial charge in [-0.3, -0.25) is 4.79 Å². The minimum Gasteiger partial charge on any atom is -0.393 e. The Morgan fingerprint density at radius 2 is 2.08 bits per heavy atom. The first kappa shape index (κ1) is 8.05. The van der Waals surface area contributed by atoms with Crippen molar-refractivity contribution in [1.82, 2.24) is 5.32 Å². The van der Waals surface area contributed by atoms with E-state index in [4.69, 9.17) is 0 Å². The van der Waals surface area contributed by atoms with Crippen LogP contribution < -0.4 is 5.32 Å². The molecule has 1 aliphatic carbocycles. The summed E-state index contributed by atoms with van der Waals surface area (Å²) in [6.45, 7) is 0. The zero-order valence-corrected chi connectivity index (χ0v) is 7.18. The first-order valence-electron chi connectivity index (χ1n) is 4.69. The molecule has 1 amide bonds. The van der Waals surface area contributed by atoms with Crippen LogP contribution in [0.3, 0.4) is 0 Å². The van der Waals surface area contributed by atoms with Gasteiger partial charge in [-0.1, -0.05) is 12.8 Å². The normalized spacial score (nSPS) is 33.8. The van der Waals surface area contributed by atoms with Gasteiger partial charge < -0.3 is 10.4 Å². The topological polar surface area (TPSA) is 49.3 Å². The molecule has 0 aromatic rings. The van der Waals surface area contributed by atoms with E-state index in [0.717, 1.165) is 19.3 Å². The number of piperidine rings is 1. The summed E-state index contributed by atoms with van der Waals surface area (Å²) < 4.78 is 0. The van der Waals surface area contributed by atoms with Crippen LogP contribution in [-0.2, 0) is 4.79 Å². The number of amides is 1. The van der Waals surface area contributed by atoms with E-state index >= 15 is 0 Å². The lowest BCUT2D eigenvalue weighted by atomic mass is 9.85. The van der Waals surface area contributed by atoms with Gasteiger partial charge in [-0.05, 0) is 19.3 Å². The highest BCUT2D eigenvalue weighted by atomic mass is 16.3. The highest BCUT2D eigenvalue weighted by Crippen LogP contribution is 2.36. The maximum atomic E-state index is 11.2. The van der Waals surface area contributed by atoms with Gasteiger partial charge in [-0.25, -0.2) is 0 Å². The van der Waals surface area contributed by atoms with Crippen molar-refractivity contribution in [1.29, 1.82) is 0 Å². The van der Waals surface area contributed by atoms with Crippen molar-refractivity contribution in [3.8, 4) is 0 Å². The molecule has 2 rings (SSSR count). The molecule has 1 spiro atoms. The van der Waals surface area contributed by atoms with Crippen molar-refractivity contribution in [2.75, 3.05) is 0 Å². The quantitative estimate of drug-likeness (QED) is 0.557. The molecule has 3 nitrogen and oxygen atoms in total. The number of aliphatic hydroxyl groups is 1. The fraction of sp³-hybridized carbons (Fsp3) is 0.889. The summed E-state index contributed by atoms with van der Waals surface area (Å²) in [4.78, 5) is 11.2. The van der Waals surface area contributed by atoms with Crippen molar-refractivity contribution in [3.63, 3.8) is 0 Å². The number of hydrogen-bond donors (Lipinski definition) is 2. The van der Waals surface area contributed by atoms with Crippen LogP contribution in [0, 0.1) is 0 Å². The Labute approximate surface area is 72.2 Å². The number of carbonyl (C=O) groups is 1. The second kappa shape index (κ2) is 2.73. The summed E-state index contributed by atoms with van der Waals surface area (Å²) in [5, 5.41) is 12.5. The minimum atomic E-state index is -0.406. The number of rotatable bonds is 0. The summed E-state index contributed by atoms with van der Waals surface area (Å²) in [5.74, 6) is 0.0238.